The summed E-state index contributed by atoms with van der Waals surface area (Å²) in [4.78, 5) is 15.6. The standard InChI is InChI=1S/C27H32N2OS/c1-4-11-22(3)26(23-12-7-6-8-13-23)21-29(18-5-2)31-25-16-14-24(15-17-25)27(30)28-19-9-10-20-28/h4-8,11-17,21-22H,2,9-10,18-20H2,1,3H3/b11-4-,26-21+. The van der Waals surface area contributed by atoms with Gasteiger partial charge in [0.2, 0.25) is 0 Å². The van der Waals surface area contributed by atoms with Crippen LogP contribution >= 0.6 is 11.9 Å². The van der Waals surface area contributed by atoms with E-state index in [1.807, 2.05) is 41.3 Å². The summed E-state index contributed by atoms with van der Waals surface area (Å²) in [5.74, 6) is 0.434. The normalized spacial score (nSPS) is 15.3. The highest BCUT2D eigenvalue weighted by Gasteiger charge is 2.19. The van der Waals surface area contributed by atoms with Crippen LogP contribution in [0.5, 0.6) is 0 Å². The molecule has 3 nitrogen and oxygen atoms in total. The lowest BCUT2D eigenvalue weighted by Crippen LogP contribution is -2.27. The second kappa shape index (κ2) is 11.6. The summed E-state index contributed by atoms with van der Waals surface area (Å²) >= 11 is 1.66. The molecule has 1 fully saturated rings. The van der Waals surface area contributed by atoms with E-state index in [0.717, 1.165) is 42.9 Å². The summed E-state index contributed by atoms with van der Waals surface area (Å²) < 4.78 is 2.20. The number of hydrogen-bond acceptors (Lipinski definition) is 3. The topological polar surface area (TPSA) is 23.6 Å². The molecule has 0 N–H and O–H groups in total. The highest BCUT2D eigenvalue weighted by atomic mass is 32.2. The largest absolute Gasteiger partial charge is 0.339 e. The van der Waals surface area contributed by atoms with Gasteiger partial charge < -0.3 is 9.21 Å². The van der Waals surface area contributed by atoms with Crippen LogP contribution in [0.2, 0.25) is 0 Å². The first-order valence-corrected chi connectivity index (χ1v) is 11.7. The van der Waals surface area contributed by atoms with E-state index in [1.54, 1.807) is 11.9 Å². The van der Waals surface area contributed by atoms with Crippen LogP contribution in [0, 0.1) is 5.92 Å². The second-order valence-electron chi connectivity index (χ2n) is 7.77. The molecule has 0 aromatic heterocycles. The monoisotopic (exact) mass is 432 g/mol. The van der Waals surface area contributed by atoms with E-state index >= 15 is 0 Å². The molecule has 31 heavy (non-hydrogen) atoms. The maximum Gasteiger partial charge on any atom is 0.253 e. The molecule has 1 amide bonds. The third-order valence-electron chi connectivity index (χ3n) is 5.39. The molecule has 3 rings (SSSR count). The Bertz CT molecular complexity index is 912. The third kappa shape index (κ3) is 6.38. The van der Waals surface area contributed by atoms with E-state index in [0.29, 0.717) is 5.92 Å². The molecule has 0 spiro atoms. The predicted molar refractivity (Wildman–Crippen MR) is 133 cm³/mol. The first-order chi connectivity index (χ1) is 15.1. The molecule has 1 aliphatic rings. The van der Waals surface area contributed by atoms with Gasteiger partial charge in [0, 0.05) is 42.2 Å². The Labute approximate surface area is 191 Å². The molecular formula is C27H32N2OS. The number of carbonyl (C=O) groups excluding carboxylic acids is 1. The van der Waals surface area contributed by atoms with E-state index in [1.165, 1.54) is 11.1 Å². The van der Waals surface area contributed by atoms with Gasteiger partial charge in [-0.3, -0.25) is 4.79 Å². The van der Waals surface area contributed by atoms with Crippen molar-refractivity contribution in [1.82, 2.24) is 9.21 Å². The Morgan fingerprint density at radius 2 is 1.77 bits per heavy atom. The Kier molecular flexibility index (Phi) is 8.60. The van der Waals surface area contributed by atoms with Gasteiger partial charge in [0.05, 0.1) is 0 Å². The van der Waals surface area contributed by atoms with E-state index in [2.05, 4.69) is 67.3 Å². The molecule has 0 saturated carbocycles. The van der Waals surface area contributed by atoms with Crippen molar-refractivity contribution < 1.29 is 4.79 Å². The van der Waals surface area contributed by atoms with E-state index in [4.69, 9.17) is 0 Å². The minimum absolute atomic E-state index is 0.142. The van der Waals surface area contributed by atoms with Gasteiger partial charge in [0.1, 0.15) is 0 Å². The number of likely N-dealkylation sites (tertiary alicyclic amines) is 1. The zero-order valence-corrected chi connectivity index (χ0v) is 19.4. The smallest absolute Gasteiger partial charge is 0.253 e. The predicted octanol–water partition coefficient (Wildman–Crippen LogP) is 6.67. The molecule has 2 aromatic rings. The molecule has 2 aromatic carbocycles. The minimum atomic E-state index is 0.142. The van der Waals surface area contributed by atoms with Gasteiger partial charge in [-0.25, -0.2) is 0 Å². The molecule has 162 valence electrons. The fourth-order valence-corrected chi connectivity index (χ4v) is 4.65. The van der Waals surface area contributed by atoms with Crippen molar-refractivity contribution in [2.24, 2.45) is 5.92 Å². The molecule has 1 aliphatic heterocycles. The van der Waals surface area contributed by atoms with Crippen LogP contribution in [-0.2, 0) is 0 Å². The minimum Gasteiger partial charge on any atom is -0.339 e. The molecule has 4 heteroatoms. The van der Waals surface area contributed by atoms with Crippen molar-refractivity contribution in [1.29, 1.82) is 0 Å². The van der Waals surface area contributed by atoms with Crippen LogP contribution in [-0.4, -0.2) is 34.7 Å². The summed E-state index contributed by atoms with van der Waals surface area (Å²) in [6, 6.07) is 18.5. The molecule has 0 radical (unpaired) electrons. The molecule has 0 aliphatic carbocycles. The van der Waals surface area contributed by atoms with Crippen molar-refractivity contribution in [2.45, 2.75) is 31.6 Å². The molecular weight excluding hydrogens is 400 g/mol. The molecule has 1 heterocycles. The lowest BCUT2D eigenvalue weighted by molar-refractivity contribution is 0.0793. The zero-order valence-electron chi connectivity index (χ0n) is 18.5. The van der Waals surface area contributed by atoms with Crippen molar-refractivity contribution in [3.63, 3.8) is 0 Å². The summed E-state index contributed by atoms with van der Waals surface area (Å²) in [6.45, 7) is 10.7. The van der Waals surface area contributed by atoms with Crippen LogP contribution in [0.4, 0.5) is 0 Å². The quantitative estimate of drug-likeness (QED) is 0.326. The van der Waals surface area contributed by atoms with E-state index in [-0.39, 0.29) is 5.91 Å². The van der Waals surface area contributed by atoms with Gasteiger partial charge >= 0.3 is 0 Å². The molecule has 1 saturated heterocycles. The Balaban J connectivity index is 1.80. The van der Waals surface area contributed by atoms with Gasteiger partial charge in [-0.2, -0.15) is 0 Å². The number of carbonyl (C=O) groups is 1. The van der Waals surface area contributed by atoms with Crippen LogP contribution in [0.1, 0.15) is 42.6 Å². The van der Waals surface area contributed by atoms with Crippen LogP contribution < -0.4 is 0 Å². The van der Waals surface area contributed by atoms with Crippen molar-refractivity contribution >= 4 is 23.4 Å². The SMILES string of the molecule is C=CCN(/C=C(/c1ccccc1)C(C)/C=C\C)Sc1ccc(C(=O)N2CCCC2)cc1. The first-order valence-electron chi connectivity index (χ1n) is 11.0. The number of benzene rings is 2. The number of nitrogens with zero attached hydrogens (tertiary/aromatic N) is 2. The summed E-state index contributed by atoms with van der Waals surface area (Å²) in [6.07, 6.45) is 10.7. The highest BCUT2D eigenvalue weighted by Crippen LogP contribution is 2.30. The van der Waals surface area contributed by atoms with Gasteiger partial charge in [0.15, 0.2) is 0 Å². The van der Waals surface area contributed by atoms with Gasteiger partial charge in [-0.1, -0.05) is 55.5 Å². The lowest BCUT2D eigenvalue weighted by atomic mass is 9.94. The average molecular weight is 433 g/mol. The summed E-state index contributed by atoms with van der Waals surface area (Å²) in [5, 5.41) is 0. The van der Waals surface area contributed by atoms with E-state index < -0.39 is 0 Å². The summed E-state index contributed by atoms with van der Waals surface area (Å²) in [7, 11) is 0. The Morgan fingerprint density at radius 3 is 2.39 bits per heavy atom. The zero-order chi connectivity index (χ0) is 22.1. The Morgan fingerprint density at radius 1 is 1.10 bits per heavy atom. The fraction of sp³-hybridized carbons (Fsp3) is 0.296. The summed E-state index contributed by atoms with van der Waals surface area (Å²) in [5.41, 5.74) is 3.24. The Hall–Kier alpha value is -2.72. The maximum atomic E-state index is 12.6. The number of allylic oxidation sites excluding steroid dienone is 3. The fourth-order valence-electron chi connectivity index (χ4n) is 3.77. The van der Waals surface area contributed by atoms with Gasteiger partial charge in [-0.05, 0) is 67.1 Å². The number of hydrogen-bond donors (Lipinski definition) is 0. The number of amides is 1. The number of rotatable bonds is 9. The first kappa shape index (κ1) is 23.0. The van der Waals surface area contributed by atoms with Crippen LogP contribution in [0.3, 0.4) is 0 Å². The average Bonchev–Trinajstić information content (AvgIpc) is 3.33. The molecule has 0 bridgehead atoms. The second-order valence-corrected chi connectivity index (χ2v) is 8.89. The molecule has 1 atom stereocenters. The van der Waals surface area contributed by atoms with Crippen molar-refractivity contribution in [2.75, 3.05) is 19.6 Å². The third-order valence-corrected chi connectivity index (χ3v) is 6.36. The van der Waals surface area contributed by atoms with E-state index in [9.17, 15) is 4.79 Å². The van der Waals surface area contributed by atoms with Crippen molar-refractivity contribution in [3.05, 3.63) is 96.7 Å². The lowest BCUT2D eigenvalue weighted by Gasteiger charge is -2.22. The van der Waals surface area contributed by atoms with Gasteiger partial charge in [0.25, 0.3) is 5.91 Å². The van der Waals surface area contributed by atoms with Crippen LogP contribution in [0.15, 0.2) is 90.5 Å². The van der Waals surface area contributed by atoms with Crippen LogP contribution in [0.25, 0.3) is 5.57 Å². The van der Waals surface area contributed by atoms with Crippen molar-refractivity contribution in [3.8, 4) is 0 Å². The van der Waals surface area contributed by atoms with Gasteiger partial charge in [-0.15, -0.1) is 6.58 Å². The maximum absolute atomic E-state index is 12.6. The highest BCUT2D eigenvalue weighted by molar-refractivity contribution is 7.97. The molecule has 1 unspecified atom stereocenters.